The van der Waals surface area contributed by atoms with Crippen LogP contribution in [0.4, 0.5) is 0 Å². The molecule has 0 fully saturated rings. The molecule has 0 radical (unpaired) electrons. The molecule has 0 unspecified atom stereocenters. The Morgan fingerprint density at radius 1 is 0.700 bits per heavy atom. The third kappa shape index (κ3) is 12.4. The summed E-state index contributed by atoms with van der Waals surface area (Å²) in [7, 11) is 0. The third-order valence-corrected chi connectivity index (χ3v) is 4.08. The van der Waals surface area contributed by atoms with Crippen LogP contribution in [-0.4, -0.2) is 6.29 Å². The molecule has 0 aromatic carbocycles. The molecule has 0 saturated heterocycles. The highest BCUT2D eigenvalue weighted by atomic mass is 16.1. The first kappa shape index (κ1) is 19.4. The summed E-state index contributed by atoms with van der Waals surface area (Å²) >= 11 is 0. The second-order valence-corrected chi connectivity index (χ2v) is 6.28. The Morgan fingerprint density at radius 3 is 1.45 bits per heavy atom. The summed E-state index contributed by atoms with van der Waals surface area (Å²) in [5.74, 6) is 0. The standard InChI is InChI=1S/C19H36O/c1-4-5-6-7-8-9-10-11-12-13-14-15-16-19(17-20)18(2)3/h17H,4-16H2,1-3H3. The van der Waals surface area contributed by atoms with Gasteiger partial charge in [-0.2, -0.15) is 0 Å². The smallest absolute Gasteiger partial charge is 0.145 e. The minimum atomic E-state index is 0.975. The van der Waals surface area contributed by atoms with E-state index in [4.69, 9.17) is 0 Å². The molecule has 0 aliphatic heterocycles. The van der Waals surface area contributed by atoms with Crippen LogP contribution in [0.5, 0.6) is 0 Å². The Balaban J connectivity index is 3.21. The quantitative estimate of drug-likeness (QED) is 0.199. The van der Waals surface area contributed by atoms with E-state index in [0.29, 0.717) is 0 Å². The fraction of sp³-hybridized carbons (Fsp3) is 0.842. The second kappa shape index (κ2) is 14.8. The van der Waals surface area contributed by atoms with Gasteiger partial charge >= 0.3 is 0 Å². The van der Waals surface area contributed by atoms with E-state index in [2.05, 4.69) is 6.92 Å². The predicted molar refractivity (Wildman–Crippen MR) is 90.1 cm³/mol. The van der Waals surface area contributed by atoms with E-state index in [0.717, 1.165) is 18.3 Å². The number of aldehydes is 1. The Kier molecular flexibility index (Phi) is 14.4. The molecule has 0 atom stereocenters. The van der Waals surface area contributed by atoms with Crippen molar-refractivity contribution < 1.29 is 4.79 Å². The Labute approximate surface area is 127 Å². The maximum absolute atomic E-state index is 10.8. The molecule has 118 valence electrons. The molecule has 0 bridgehead atoms. The SMILES string of the molecule is CCCCCCCCCCCCCCC(C=O)=C(C)C. The number of rotatable bonds is 14. The largest absolute Gasteiger partial charge is 0.298 e. The van der Waals surface area contributed by atoms with Gasteiger partial charge in [-0.25, -0.2) is 0 Å². The van der Waals surface area contributed by atoms with Crippen molar-refractivity contribution >= 4 is 6.29 Å². The fourth-order valence-electron chi connectivity index (χ4n) is 2.58. The lowest BCUT2D eigenvalue weighted by molar-refractivity contribution is -0.105. The van der Waals surface area contributed by atoms with Gasteiger partial charge in [0.25, 0.3) is 0 Å². The molecule has 0 amide bonds. The van der Waals surface area contributed by atoms with E-state index in [1.807, 2.05) is 13.8 Å². The topological polar surface area (TPSA) is 17.1 Å². The van der Waals surface area contributed by atoms with Crippen molar-refractivity contribution in [3.05, 3.63) is 11.1 Å². The van der Waals surface area contributed by atoms with Crippen molar-refractivity contribution in [2.45, 2.75) is 104 Å². The highest BCUT2D eigenvalue weighted by molar-refractivity contribution is 5.74. The van der Waals surface area contributed by atoms with Gasteiger partial charge in [-0.1, -0.05) is 83.1 Å². The van der Waals surface area contributed by atoms with Crippen molar-refractivity contribution in [1.29, 1.82) is 0 Å². The number of hydrogen-bond donors (Lipinski definition) is 0. The zero-order valence-electron chi connectivity index (χ0n) is 14.2. The van der Waals surface area contributed by atoms with Gasteiger partial charge in [-0.3, -0.25) is 4.79 Å². The molecule has 1 nitrogen and oxygen atoms in total. The van der Waals surface area contributed by atoms with E-state index in [1.54, 1.807) is 0 Å². The van der Waals surface area contributed by atoms with Gasteiger partial charge in [0.05, 0.1) is 0 Å². The first-order valence-corrected chi connectivity index (χ1v) is 8.84. The van der Waals surface area contributed by atoms with Gasteiger partial charge in [0.15, 0.2) is 0 Å². The summed E-state index contributed by atoms with van der Waals surface area (Å²) in [6, 6.07) is 0. The van der Waals surface area contributed by atoms with Crippen molar-refractivity contribution in [2.75, 3.05) is 0 Å². The van der Waals surface area contributed by atoms with Crippen molar-refractivity contribution in [2.24, 2.45) is 0 Å². The molecule has 0 saturated carbocycles. The molecular formula is C19H36O. The molecule has 0 N–H and O–H groups in total. The Morgan fingerprint density at radius 2 is 1.10 bits per heavy atom. The minimum Gasteiger partial charge on any atom is -0.298 e. The minimum absolute atomic E-state index is 0.975. The van der Waals surface area contributed by atoms with E-state index >= 15 is 0 Å². The molecule has 0 spiro atoms. The van der Waals surface area contributed by atoms with Gasteiger partial charge in [0, 0.05) is 0 Å². The Bertz CT molecular complexity index is 248. The van der Waals surface area contributed by atoms with Gasteiger partial charge in [0.1, 0.15) is 6.29 Å². The third-order valence-electron chi connectivity index (χ3n) is 4.08. The van der Waals surface area contributed by atoms with Crippen LogP contribution in [0.25, 0.3) is 0 Å². The highest BCUT2D eigenvalue weighted by Gasteiger charge is 1.98. The van der Waals surface area contributed by atoms with Crippen LogP contribution in [0.2, 0.25) is 0 Å². The number of unbranched alkanes of at least 4 members (excludes halogenated alkanes) is 11. The van der Waals surface area contributed by atoms with Crippen LogP contribution >= 0.6 is 0 Å². The van der Waals surface area contributed by atoms with Crippen molar-refractivity contribution in [1.82, 2.24) is 0 Å². The highest BCUT2D eigenvalue weighted by Crippen LogP contribution is 2.15. The lowest BCUT2D eigenvalue weighted by Gasteiger charge is -2.04. The first-order valence-electron chi connectivity index (χ1n) is 8.84. The average molecular weight is 280 g/mol. The van der Waals surface area contributed by atoms with Crippen LogP contribution < -0.4 is 0 Å². The predicted octanol–water partition coefficient (Wildman–Crippen LogP) is 6.61. The maximum atomic E-state index is 10.8. The van der Waals surface area contributed by atoms with Gasteiger partial charge < -0.3 is 0 Å². The lowest BCUT2D eigenvalue weighted by atomic mass is 10.0. The van der Waals surface area contributed by atoms with E-state index in [9.17, 15) is 4.79 Å². The fourth-order valence-corrected chi connectivity index (χ4v) is 2.58. The van der Waals surface area contributed by atoms with Crippen LogP contribution in [0.3, 0.4) is 0 Å². The summed E-state index contributed by atoms with van der Waals surface area (Å²) in [5.41, 5.74) is 2.19. The van der Waals surface area contributed by atoms with Crippen molar-refractivity contribution in [3.8, 4) is 0 Å². The van der Waals surface area contributed by atoms with Crippen LogP contribution in [0.15, 0.2) is 11.1 Å². The zero-order chi connectivity index (χ0) is 15.1. The summed E-state index contributed by atoms with van der Waals surface area (Å²) < 4.78 is 0. The monoisotopic (exact) mass is 280 g/mol. The molecule has 0 aliphatic rings. The summed E-state index contributed by atoms with van der Waals surface area (Å²) in [6.45, 7) is 6.34. The van der Waals surface area contributed by atoms with E-state index in [-0.39, 0.29) is 0 Å². The molecule has 0 aromatic rings. The summed E-state index contributed by atoms with van der Waals surface area (Å²) in [4.78, 5) is 10.8. The van der Waals surface area contributed by atoms with Crippen molar-refractivity contribution in [3.63, 3.8) is 0 Å². The lowest BCUT2D eigenvalue weighted by Crippen LogP contribution is -1.89. The normalized spacial score (nSPS) is 10.6. The van der Waals surface area contributed by atoms with Gasteiger partial charge in [-0.05, 0) is 32.3 Å². The number of carbonyl (C=O) groups is 1. The number of hydrogen-bond acceptors (Lipinski definition) is 1. The molecule has 0 aromatic heterocycles. The molecule has 0 aliphatic carbocycles. The van der Waals surface area contributed by atoms with Crippen LogP contribution in [-0.2, 0) is 4.79 Å². The Hall–Kier alpha value is -0.590. The molecule has 20 heavy (non-hydrogen) atoms. The van der Waals surface area contributed by atoms with Crippen LogP contribution in [0.1, 0.15) is 104 Å². The molecule has 0 rings (SSSR count). The number of allylic oxidation sites excluding steroid dienone is 2. The van der Waals surface area contributed by atoms with E-state index in [1.165, 1.54) is 82.6 Å². The molecule has 0 heterocycles. The number of carbonyl (C=O) groups excluding carboxylic acids is 1. The van der Waals surface area contributed by atoms with E-state index < -0.39 is 0 Å². The summed E-state index contributed by atoms with van der Waals surface area (Å²) in [6.07, 6.45) is 18.5. The average Bonchev–Trinajstić information content (AvgIpc) is 2.43. The van der Waals surface area contributed by atoms with Gasteiger partial charge in [-0.15, -0.1) is 0 Å². The van der Waals surface area contributed by atoms with Crippen LogP contribution in [0, 0.1) is 0 Å². The second-order valence-electron chi connectivity index (χ2n) is 6.28. The maximum Gasteiger partial charge on any atom is 0.145 e. The zero-order valence-corrected chi connectivity index (χ0v) is 14.2. The molecule has 1 heteroatoms. The molecular weight excluding hydrogens is 244 g/mol. The first-order chi connectivity index (χ1) is 9.72. The summed E-state index contributed by atoms with van der Waals surface area (Å²) in [5, 5.41) is 0. The van der Waals surface area contributed by atoms with Gasteiger partial charge in [0.2, 0.25) is 0 Å².